The van der Waals surface area contributed by atoms with Gasteiger partial charge in [-0.15, -0.1) is 11.3 Å². The maximum absolute atomic E-state index is 17.0. The van der Waals surface area contributed by atoms with E-state index in [0.717, 1.165) is 44.7 Å². The number of alkyl carbamates (subject to hydrolysis) is 2. The molecule has 4 aliphatic rings. The van der Waals surface area contributed by atoms with E-state index in [9.17, 15) is 19.2 Å². The molecule has 0 radical (unpaired) electrons. The molecule has 0 saturated carbocycles. The smallest absolute Gasteiger partial charge is 0.407 e. The number of ether oxygens (including phenoxy) is 4. The van der Waals surface area contributed by atoms with Crippen LogP contribution in [0.2, 0.25) is 0 Å². The Bertz CT molecular complexity index is 3250. The second-order valence-electron chi connectivity index (χ2n) is 20.1. The van der Waals surface area contributed by atoms with Crippen molar-refractivity contribution in [2.24, 2.45) is 11.8 Å². The number of H-pyrrole nitrogens is 2. The van der Waals surface area contributed by atoms with Crippen molar-refractivity contribution in [3.63, 3.8) is 0 Å². The number of thiophene rings is 1. The van der Waals surface area contributed by atoms with Gasteiger partial charge in [-0.05, 0) is 101 Å². The van der Waals surface area contributed by atoms with Crippen LogP contribution >= 0.6 is 11.3 Å². The topological polar surface area (TPSA) is 224 Å². The third-order valence-corrected chi connectivity index (χ3v) is 16.0. The Balaban J connectivity index is 0.906. The first-order valence-electron chi connectivity index (χ1n) is 25.2. The van der Waals surface area contributed by atoms with E-state index in [2.05, 4.69) is 30.6 Å². The summed E-state index contributed by atoms with van der Waals surface area (Å²) in [6.45, 7) is 8.72. The number of hydrogen-bond donors (Lipinski definition) is 4. The molecule has 3 unspecified atom stereocenters. The average Bonchev–Trinajstić information content (AvgIpc) is 4.27. The fraction of sp³-hybridized carbons (Fsp3) is 0.434. The van der Waals surface area contributed by atoms with Crippen molar-refractivity contribution < 1.29 is 42.5 Å². The number of methoxy groups -OCH3 is 2. The Kier molecular flexibility index (Phi) is 13.1. The van der Waals surface area contributed by atoms with Gasteiger partial charge in [0, 0.05) is 42.0 Å². The van der Waals surface area contributed by atoms with E-state index < -0.39 is 36.3 Å². The van der Waals surface area contributed by atoms with E-state index >= 15 is 4.39 Å². The summed E-state index contributed by atoms with van der Waals surface area (Å²) in [6.07, 6.45) is 8.68. The largest absolute Gasteiger partial charge is 0.464 e. The van der Waals surface area contributed by atoms with Gasteiger partial charge < -0.3 is 49.3 Å². The maximum atomic E-state index is 17.0. The van der Waals surface area contributed by atoms with Crippen molar-refractivity contribution in [2.75, 3.05) is 27.3 Å². The van der Waals surface area contributed by atoms with E-state index in [0.29, 0.717) is 84.2 Å². The minimum Gasteiger partial charge on any atom is -0.464 e. The van der Waals surface area contributed by atoms with E-state index in [-0.39, 0.29) is 47.9 Å². The summed E-state index contributed by atoms with van der Waals surface area (Å²) in [5.41, 5.74) is 5.08. The summed E-state index contributed by atoms with van der Waals surface area (Å²) in [6, 6.07) is 10.9. The van der Waals surface area contributed by atoms with Gasteiger partial charge in [-0.25, -0.2) is 28.9 Å². The molecule has 11 rings (SSSR count). The van der Waals surface area contributed by atoms with Gasteiger partial charge >= 0.3 is 12.2 Å². The highest BCUT2D eigenvalue weighted by molar-refractivity contribution is 7.18. The van der Waals surface area contributed by atoms with Crippen LogP contribution in [-0.2, 0) is 23.8 Å². The van der Waals surface area contributed by atoms with Crippen molar-refractivity contribution in [3.8, 4) is 39.5 Å². The molecule has 8 atom stereocenters. The number of halogens is 1. The fourth-order valence-electron chi connectivity index (χ4n) is 11.5. The summed E-state index contributed by atoms with van der Waals surface area (Å²) in [7, 11) is 2.56. The lowest BCUT2D eigenvalue weighted by atomic mass is 9.85. The van der Waals surface area contributed by atoms with Gasteiger partial charge in [-0.1, -0.05) is 19.9 Å². The van der Waals surface area contributed by atoms with Crippen LogP contribution in [0.3, 0.4) is 0 Å². The number of rotatable bonds is 11. The number of nitrogens with zero attached hydrogens (tertiary/aromatic N) is 7. The molecule has 5 aromatic heterocycles. The fourth-order valence-corrected chi connectivity index (χ4v) is 12.5. The van der Waals surface area contributed by atoms with Crippen LogP contribution in [0, 0.1) is 17.7 Å². The van der Waals surface area contributed by atoms with E-state index in [1.54, 1.807) is 29.7 Å². The Morgan fingerprint density at radius 3 is 2.11 bits per heavy atom. The maximum Gasteiger partial charge on any atom is 0.407 e. The number of aromatic amines is 2. The molecule has 3 saturated heterocycles. The highest BCUT2D eigenvalue weighted by atomic mass is 32.1. The molecule has 0 aliphatic carbocycles. The number of imidazole rings is 2. The Hall–Kier alpha value is -7.39. The second kappa shape index (κ2) is 19.8. The molecule has 74 heavy (non-hydrogen) atoms. The van der Waals surface area contributed by atoms with E-state index in [1.807, 2.05) is 73.6 Å². The van der Waals surface area contributed by atoms with Gasteiger partial charge in [0.05, 0.1) is 83.9 Å². The lowest BCUT2D eigenvalue weighted by Gasteiger charge is -2.38. The first-order chi connectivity index (χ1) is 35.8. The van der Waals surface area contributed by atoms with Crippen LogP contribution in [-0.4, -0.2) is 120 Å². The molecular formula is C53H58FN11O8S. The standard InChI is InChI=1S/C53H58FN11O8S/c1-26(2)44(61-52(68)70-5)49(66)63-15-7-9-38(63)47-58-25-36(60-47)30-20-33(54)43-40-21-31-19-29(11-12-37(31)65(40)51(73-41(43)22-30)42-23-34-48(74-42)56-14-13-55-34)35-24-57-46(59-35)39-10-8-16-64(39)50(67)45(62-53(69)71-6)32-17-27(3)72-28(4)18-32/h11-14,19-28,32,38-39,44-45,51H,7-10,15-18H2,1-6H3,(H,57,59)(H,58,60)(H,61,68)(H,62,69)/t27-,28+,32?,38-,39-,44-,45?,51?/m0/s1. The number of aromatic nitrogens is 7. The highest BCUT2D eigenvalue weighted by Crippen LogP contribution is 2.49. The number of nitrogens with one attached hydrogen (secondary N) is 4. The minimum atomic E-state index is -0.786. The van der Waals surface area contributed by atoms with Crippen molar-refractivity contribution in [2.45, 2.75) is 109 Å². The van der Waals surface area contributed by atoms with Gasteiger partial charge in [0.1, 0.15) is 45.6 Å². The van der Waals surface area contributed by atoms with Gasteiger partial charge in [0.25, 0.3) is 0 Å². The van der Waals surface area contributed by atoms with Gasteiger partial charge in [-0.3, -0.25) is 19.1 Å². The molecule has 4 N–H and O–H groups in total. The molecule has 7 aromatic rings. The van der Waals surface area contributed by atoms with Crippen LogP contribution in [0.15, 0.2) is 67.3 Å². The minimum absolute atomic E-state index is 0.0590. The molecule has 0 bridgehead atoms. The van der Waals surface area contributed by atoms with Crippen LogP contribution in [0.5, 0.6) is 5.75 Å². The van der Waals surface area contributed by atoms with E-state index in [1.165, 1.54) is 31.6 Å². The number of likely N-dealkylation sites (tertiary alicyclic amines) is 2. The SMILES string of the molecule is COC(=O)NC(C(=O)N1CCC[C@H]1c1ncc(-c2ccc3c(c2)cc2n3C(c3cc4nccnc4s3)Oc3cc(-c4cnc([C@@H]5CCCN5C(=O)[C@@H](NC(=O)OC)C(C)C)[nH]4)cc(F)c3-2)[nH]1)C1C[C@@H](C)O[C@@H](C)C1. The Morgan fingerprint density at radius 1 is 0.797 bits per heavy atom. The molecule has 19 nitrogen and oxygen atoms in total. The predicted octanol–water partition coefficient (Wildman–Crippen LogP) is 8.81. The molecule has 9 heterocycles. The number of hydrogen-bond acceptors (Lipinski definition) is 13. The van der Waals surface area contributed by atoms with Crippen molar-refractivity contribution >= 4 is 56.6 Å². The summed E-state index contributed by atoms with van der Waals surface area (Å²) in [5.74, 6) is 0.316. The zero-order valence-electron chi connectivity index (χ0n) is 41.9. The van der Waals surface area contributed by atoms with Crippen LogP contribution in [0.1, 0.15) is 101 Å². The van der Waals surface area contributed by atoms with E-state index in [4.69, 9.17) is 28.9 Å². The zero-order valence-corrected chi connectivity index (χ0v) is 42.7. The normalized spacial score (nSPS) is 22.3. The molecule has 4 amide bonds. The average molecular weight is 1030 g/mol. The number of carbonyl (C=O) groups is 4. The lowest BCUT2D eigenvalue weighted by Crippen LogP contribution is -2.54. The van der Waals surface area contributed by atoms with Crippen molar-refractivity contribution in [1.29, 1.82) is 0 Å². The number of fused-ring (bicyclic) bond motifs is 6. The molecule has 21 heteroatoms. The highest BCUT2D eigenvalue weighted by Gasteiger charge is 2.43. The summed E-state index contributed by atoms with van der Waals surface area (Å²) in [4.78, 5) is 83.7. The first-order valence-corrected chi connectivity index (χ1v) is 26.0. The third-order valence-electron chi connectivity index (χ3n) is 14.9. The van der Waals surface area contributed by atoms with Crippen molar-refractivity contribution in [1.82, 2.24) is 54.9 Å². The van der Waals surface area contributed by atoms with Crippen LogP contribution < -0.4 is 15.4 Å². The van der Waals surface area contributed by atoms with Crippen molar-refractivity contribution in [3.05, 3.63) is 89.6 Å². The predicted molar refractivity (Wildman–Crippen MR) is 272 cm³/mol. The molecule has 4 aliphatic heterocycles. The molecule has 2 aromatic carbocycles. The monoisotopic (exact) mass is 1030 g/mol. The number of carbonyl (C=O) groups excluding carboxylic acids is 4. The number of amides is 4. The first kappa shape index (κ1) is 48.9. The summed E-state index contributed by atoms with van der Waals surface area (Å²) in [5, 5.41) is 6.38. The summed E-state index contributed by atoms with van der Waals surface area (Å²) >= 11 is 1.45. The third kappa shape index (κ3) is 8.98. The van der Waals surface area contributed by atoms with Crippen LogP contribution in [0.4, 0.5) is 14.0 Å². The van der Waals surface area contributed by atoms with Gasteiger partial charge in [0.15, 0.2) is 0 Å². The molecule has 0 spiro atoms. The molecule has 386 valence electrons. The number of benzene rings is 2. The quantitative estimate of drug-likeness (QED) is 0.0954. The van der Waals surface area contributed by atoms with Crippen LogP contribution in [0.25, 0.3) is 55.0 Å². The molecular weight excluding hydrogens is 970 g/mol. The zero-order chi connectivity index (χ0) is 51.5. The second-order valence-corrected chi connectivity index (χ2v) is 21.1. The van der Waals surface area contributed by atoms with Gasteiger partial charge in [-0.2, -0.15) is 0 Å². The lowest BCUT2D eigenvalue weighted by molar-refractivity contribution is -0.138. The Morgan fingerprint density at radius 2 is 1.45 bits per heavy atom. The Labute approximate surface area is 429 Å². The summed E-state index contributed by atoms with van der Waals surface area (Å²) < 4.78 is 41.7. The van der Waals surface area contributed by atoms with Gasteiger partial charge in [0.2, 0.25) is 18.0 Å². The molecule has 3 fully saturated rings.